The molecule has 0 heterocycles. The molecule has 0 saturated heterocycles. The molecule has 378 valence electrons. The van der Waals surface area contributed by atoms with Crippen LogP contribution >= 0.6 is 0 Å². The van der Waals surface area contributed by atoms with Crippen LogP contribution in [-0.4, -0.2) is 0 Å². The largest absolute Gasteiger partial charge is 0.0683 e. The molecule has 0 amide bonds. The van der Waals surface area contributed by atoms with E-state index in [2.05, 4.69) is 267 Å². The maximum Gasteiger partial charge on any atom is -0.00135 e. The van der Waals surface area contributed by atoms with Gasteiger partial charge in [-0.15, -0.1) is 0 Å². The fraction of sp³-hybridized carbons (Fsp3) is 0.324. The quantitative estimate of drug-likeness (QED) is 0.154. The van der Waals surface area contributed by atoms with Crippen molar-refractivity contribution in [3.05, 3.63) is 252 Å². The first-order valence-corrected chi connectivity index (χ1v) is 26.1. The summed E-state index contributed by atoms with van der Waals surface area (Å²) in [5, 5.41) is 0. The van der Waals surface area contributed by atoms with E-state index in [1.807, 2.05) is 76.2 Å². The zero-order chi connectivity index (χ0) is 53.3. The molecule has 0 spiro atoms. The average molecular weight is 948 g/mol. The van der Waals surface area contributed by atoms with Gasteiger partial charge in [0.05, 0.1) is 0 Å². The van der Waals surface area contributed by atoms with Crippen LogP contribution in [-0.2, 0) is 12.8 Å². The van der Waals surface area contributed by atoms with Gasteiger partial charge in [-0.2, -0.15) is 0 Å². The van der Waals surface area contributed by atoms with Crippen LogP contribution in [0.1, 0.15) is 144 Å². The molecule has 2 aliphatic carbocycles. The molecule has 0 N–H and O–H groups in total. The van der Waals surface area contributed by atoms with E-state index in [9.17, 15) is 0 Å². The lowest BCUT2D eigenvalue weighted by Crippen LogP contribution is -1.93. The first-order chi connectivity index (χ1) is 33.7. The Morgan fingerprint density at radius 3 is 0.549 bits per heavy atom. The SMILES string of the molecule is CC.CC.CC(C)(C)C.CC(C)(C)C.CC(C)(C)C.Cc1ccccc1.Cc1ccccc1.c1ccc(-c2ccccc2)cc1.c1ccc2c(c1)Cc1ccccc1-2.c1ccc2c(c1)Cc1ccccc1-2. The van der Waals surface area contributed by atoms with Crippen LogP contribution in [0.15, 0.2) is 218 Å². The van der Waals surface area contributed by atoms with E-state index in [1.54, 1.807) is 0 Å². The van der Waals surface area contributed by atoms with Crippen molar-refractivity contribution < 1.29 is 0 Å². The molecule has 71 heavy (non-hydrogen) atoms. The molecule has 2 aliphatic rings. The standard InChI is InChI=1S/2C13H10.C12H10.2C7H8.3C5H12.2C2H6/c2*1-3-7-12-10(5-1)9-11-6-2-4-8-13(11)12;1-3-7-11(8-4-1)12-9-5-2-6-10-12;2*1-7-5-3-2-4-6-7;3*1-5(2,3)4;2*1-2/h2*1-8H,9H2;1-10H;2*2-6H,1H3;3*1-4H3;2*1-2H3. The summed E-state index contributed by atoms with van der Waals surface area (Å²) in [4.78, 5) is 0. The second-order valence-electron chi connectivity index (χ2n) is 22.0. The molecule has 0 heteroatoms. The maximum absolute atomic E-state index is 2.22. The Balaban J connectivity index is 0.000000414. The molecule has 8 aromatic rings. The second kappa shape index (κ2) is 34.1. The van der Waals surface area contributed by atoms with Gasteiger partial charge >= 0.3 is 0 Å². The van der Waals surface area contributed by atoms with E-state index in [4.69, 9.17) is 0 Å². The summed E-state index contributed by atoms with van der Waals surface area (Å²) in [6.45, 7) is 38.4. The fourth-order valence-corrected chi connectivity index (χ4v) is 6.49. The number of fused-ring (bicyclic) bond motifs is 6. The van der Waals surface area contributed by atoms with Crippen LogP contribution in [0.2, 0.25) is 0 Å². The minimum atomic E-state index is 0.500. The predicted molar refractivity (Wildman–Crippen MR) is 322 cm³/mol. The molecule has 0 nitrogen and oxygen atoms in total. The van der Waals surface area contributed by atoms with Crippen LogP contribution in [0.25, 0.3) is 33.4 Å². The van der Waals surface area contributed by atoms with Crippen molar-refractivity contribution in [3.8, 4) is 33.4 Å². The minimum Gasteiger partial charge on any atom is -0.0683 e. The van der Waals surface area contributed by atoms with E-state index in [-0.39, 0.29) is 0 Å². The van der Waals surface area contributed by atoms with Gasteiger partial charge < -0.3 is 0 Å². The highest BCUT2D eigenvalue weighted by atomic mass is 14.2. The number of hydrogen-bond donors (Lipinski definition) is 0. The van der Waals surface area contributed by atoms with Crippen molar-refractivity contribution in [2.75, 3.05) is 0 Å². The molecular weight excluding hydrogens is 853 g/mol. The summed E-state index contributed by atoms with van der Waals surface area (Å²) in [5.41, 5.74) is 18.2. The minimum absolute atomic E-state index is 0.500. The van der Waals surface area contributed by atoms with Gasteiger partial charge in [0.1, 0.15) is 0 Å². The number of hydrogen-bond acceptors (Lipinski definition) is 0. The fourth-order valence-electron chi connectivity index (χ4n) is 6.49. The third-order valence-electron chi connectivity index (χ3n) is 9.17. The molecule has 0 fully saturated rings. The molecule has 0 atom stereocenters. The third-order valence-corrected chi connectivity index (χ3v) is 9.17. The third kappa shape index (κ3) is 30.2. The molecule has 8 aromatic carbocycles. The van der Waals surface area contributed by atoms with E-state index in [1.165, 1.54) is 66.8 Å². The molecule has 0 saturated carbocycles. The van der Waals surface area contributed by atoms with Crippen molar-refractivity contribution in [2.45, 2.75) is 137 Å². The van der Waals surface area contributed by atoms with Gasteiger partial charge in [0.25, 0.3) is 0 Å². The van der Waals surface area contributed by atoms with Gasteiger partial charge in [0.15, 0.2) is 0 Å². The van der Waals surface area contributed by atoms with Crippen LogP contribution < -0.4 is 0 Å². The van der Waals surface area contributed by atoms with Gasteiger partial charge in [-0.25, -0.2) is 0 Å². The van der Waals surface area contributed by atoms with E-state index in [0.717, 1.165) is 12.8 Å². The summed E-state index contributed by atoms with van der Waals surface area (Å²) < 4.78 is 0. The summed E-state index contributed by atoms with van der Waals surface area (Å²) in [7, 11) is 0. The second-order valence-corrected chi connectivity index (χ2v) is 22.0. The molecule has 0 bridgehead atoms. The molecule has 10 rings (SSSR count). The Morgan fingerprint density at radius 2 is 0.380 bits per heavy atom. The summed E-state index contributed by atoms with van der Waals surface area (Å²) in [6.07, 6.45) is 2.21. The van der Waals surface area contributed by atoms with Gasteiger partial charge in [-0.1, -0.05) is 340 Å². The van der Waals surface area contributed by atoms with Gasteiger partial charge in [-0.05, 0) is 98.6 Å². The Bertz CT molecular complexity index is 2230. The van der Waals surface area contributed by atoms with Gasteiger partial charge in [0.2, 0.25) is 0 Å². The van der Waals surface area contributed by atoms with Crippen molar-refractivity contribution in [3.63, 3.8) is 0 Å². The molecule has 0 aromatic heterocycles. The van der Waals surface area contributed by atoms with Gasteiger partial charge in [-0.3, -0.25) is 0 Å². The van der Waals surface area contributed by atoms with Gasteiger partial charge in [0, 0.05) is 0 Å². The zero-order valence-electron chi connectivity index (χ0n) is 47.7. The normalized spacial score (nSPS) is 10.6. The summed E-state index contributed by atoms with van der Waals surface area (Å²) in [6, 6.07) is 75.9. The van der Waals surface area contributed by atoms with Crippen molar-refractivity contribution in [2.24, 2.45) is 16.2 Å². The monoisotopic (exact) mass is 947 g/mol. The van der Waals surface area contributed by atoms with E-state index in [0.29, 0.717) is 16.2 Å². The van der Waals surface area contributed by atoms with E-state index < -0.39 is 0 Å². The lowest BCUT2D eigenvalue weighted by Gasteiger charge is -2.05. The Kier molecular flexibility index (Phi) is 30.2. The van der Waals surface area contributed by atoms with Crippen LogP contribution in [0.4, 0.5) is 0 Å². The lowest BCUT2D eigenvalue weighted by molar-refractivity contribution is 0.469. The molecule has 0 radical (unpaired) electrons. The Labute approximate surface area is 436 Å². The highest BCUT2D eigenvalue weighted by Crippen LogP contribution is 2.36. The predicted octanol–water partition coefficient (Wildman–Crippen LogP) is 22.1. The highest BCUT2D eigenvalue weighted by Gasteiger charge is 2.17. The summed E-state index contributed by atoms with van der Waals surface area (Å²) in [5.74, 6) is 0. The zero-order valence-corrected chi connectivity index (χ0v) is 47.7. The van der Waals surface area contributed by atoms with Crippen molar-refractivity contribution in [1.29, 1.82) is 0 Å². The molecular formula is C71H94. The molecule has 0 aliphatic heterocycles. The number of aryl methyl sites for hydroxylation is 2. The number of rotatable bonds is 1. The molecule has 0 unspecified atom stereocenters. The van der Waals surface area contributed by atoms with Crippen molar-refractivity contribution in [1.82, 2.24) is 0 Å². The highest BCUT2D eigenvalue weighted by molar-refractivity contribution is 5.77. The van der Waals surface area contributed by atoms with Crippen LogP contribution in [0.3, 0.4) is 0 Å². The number of benzene rings is 8. The van der Waals surface area contributed by atoms with Crippen LogP contribution in [0, 0.1) is 30.1 Å². The summed E-state index contributed by atoms with van der Waals surface area (Å²) >= 11 is 0. The van der Waals surface area contributed by atoms with E-state index >= 15 is 0 Å². The Morgan fingerprint density at radius 1 is 0.225 bits per heavy atom. The average Bonchev–Trinajstić information content (AvgIpc) is 3.92. The van der Waals surface area contributed by atoms with Crippen molar-refractivity contribution >= 4 is 0 Å². The lowest BCUT2D eigenvalue weighted by atomic mass is 10.0. The Hall–Kier alpha value is -6.24. The van der Waals surface area contributed by atoms with Crippen LogP contribution in [0.5, 0.6) is 0 Å². The topological polar surface area (TPSA) is 0 Å². The maximum atomic E-state index is 2.22. The first-order valence-electron chi connectivity index (χ1n) is 26.1. The smallest absolute Gasteiger partial charge is 0.00135 e. The first kappa shape index (κ1) is 62.8.